The van der Waals surface area contributed by atoms with Crippen molar-refractivity contribution in [2.45, 2.75) is 17.9 Å². The molecule has 0 spiro atoms. The summed E-state index contributed by atoms with van der Waals surface area (Å²) < 4.78 is 27.5. The summed E-state index contributed by atoms with van der Waals surface area (Å²) >= 11 is 3.32. The highest BCUT2D eigenvalue weighted by molar-refractivity contribution is 9.10. The van der Waals surface area contributed by atoms with Gasteiger partial charge in [-0.05, 0) is 48.1 Å². The molecule has 1 heterocycles. The van der Waals surface area contributed by atoms with E-state index in [0.29, 0.717) is 28.4 Å². The van der Waals surface area contributed by atoms with Crippen LogP contribution in [0.15, 0.2) is 33.6 Å². The number of rotatable bonds is 3. The van der Waals surface area contributed by atoms with Crippen molar-refractivity contribution in [3.8, 4) is 0 Å². The molecule has 1 aliphatic heterocycles. The third-order valence-corrected chi connectivity index (χ3v) is 6.50. The van der Waals surface area contributed by atoms with Crippen molar-refractivity contribution >= 4 is 26.0 Å². The topological polar surface area (TPSA) is 40.6 Å². The molecular weight excluding hydrogens is 328 g/mol. The molecule has 2 rings (SSSR count). The first kappa shape index (κ1) is 15.0. The summed E-state index contributed by atoms with van der Waals surface area (Å²) in [6, 6.07) is 7.25. The highest BCUT2D eigenvalue weighted by Crippen LogP contribution is 2.29. The van der Waals surface area contributed by atoms with E-state index in [9.17, 15) is 8.42 Å². The van der Waals surface area contributed by atoms with Gasteiger partial charge < -0.3 is 4.90 Å². The molecule has 6 heteroatoms. The van der Waals surface area contributed by atoms with Gasteiger partial charge in [-0.2, -0.15) is 4.31 Å². The molecule has 0 amide bonds. The molecule has 0 saturated carbocycles. The molecular formula is C13H19BrN2O2S. The number of hydrogen-bond acceptors (Lipinski definition) is 3. The average molecular weight is 347 g/mol. The molecule has 106 valence electrons. The zero-order valence-corrected chi connectivity index (χ0v) is 13.8. The summed E-state index contributed by atoms with van der Waals surface area (Å²) in [5, 5.41) is 0. The smallest absolute Gasteiger partial charge is 0.244 e. The normalized spacial score (nSPS) is 25.1. The fourth-order valence-electron chi connectivity index (χ4n) is 2.57. The van der Waals surface area contributed by atoms with Crippen molar-refractivity contribution in [3.05, 3.63) is 28.7 Å². The van der Waals surface area contributed by atoms with E-state index >= 15 is 0 Å². The number of nitrogens with zero attached hydrogens (tertiary/aromatic N) is 2. The van der Waals surface area contributed by atoms with Crippen LogP contribution in [0.4, 0.5) is 0 Å². The van der Waals surface area contributed by atoms with E-state index in [4.69, 9.17) is 0 Å². The van der Waals surface area contributed by atoms with Gasteiger partial charge in [0.1, 0.15) is 0 Å². The Hall–Kier alpha value is -0.430. The van der Waals surface area contributed by atoms with E-state index in [1.165, 1.54) is 0 Å². The monoisotopic (exact) mass is 346 g/mol. The standard InChI is InChI=1S/C13H19BrN2O2S/c1-10-8-16(9-12(10)15(2)3)19(17,18)13-7-5-4-6-11(13)14/h4-7,10,12H,8-9H2,1-3H3. The Bertz CT molecular complexity index is 560. The van der Waals surface area contributed by atoms with Crippen LogP contribution < -0.4 is 0 Å². The highest BCUT2D eigenvalue weighted by atomic mass is 79.9. The number of likely N-dealkylation sites (N-methyl/N-ethyl adjacent to an activating group) is 1. The van der Waals surface area contributed by atoms with Crippen LogP contribution in [0.3, 0.4) is 0 Å². The maximum atomic E-state index is 12.6. The number of halogens is 1. The van der Waals surface area contributed by atoms with Crippen molar-refractivity contribution in [2.24, 2.45) is 5.92 Å². The first-order valence-electron chi connectivity index (χ1n) is 6.25. The predicted molar refractivity (Wildman–Crippen MR) is 79.5 cm³/mol. The molecule has 2 atom stereocenters. The largest absolute Gasteiger partial charge is 0.305 e. The highest BCUT2D eigenvalue weighted by Gasteiger charge is 2.38. The predicted octanol–water partition coefficient (Wildman–Crippen LogP) is 2.02. The van der Waals surface area contributed by atoms with E-state index < -0.39 is 10.0 Å². The van der Waals surface area contributed by atoms with Gasteiger partial charge in [0, 0.05) is 23.6 Å². The lowest BCUT2D eigenvalue weighted by molar-refractivity contribution is 0.263. The zero-order chi connectivity index (χ0) is 14.2. The van der Waals surface area contributed by atoms with Crippen molar-refractivity contribution < 1.29 is 8.42 Å². The van der Waals surface area contributed by atoms with E-state index in [2.05, 4.69) is 27.8 Å². The van der Waals surface area contributed by atoms with Crippen molar-refractivity contribution in [2.75, 3.05) is 27.2 Å². The summed E-state index contributed by atoms with van der Waals surface area (Å²) in [5.41, 5.74) is 0. The van der Waals surface area contributed by atoms with Gasteiger partial charge >= 0.3 is 0 Å². The second-order valence-electron chi connectivity index (χ2n) is 5.26. The molecule has 0 N–H and O–H groups in total. The lowest BCUT2D eigenvalue weighted by Gasteiger charge is -2.22. The van der Waals surface area contributed by atoms with E-state index in [0.717, 1.165) is 0 Å². The molecule has 1 aliphatic rings. The Morgan fingerprint density at radius 2 is 1.89 bits per heavy atom. The van der Waals surface area contributed by atoms with Crippen LogP contribution in [0.1, 0.15) is 6.92 Å². The van der Waals surface area contributed by atoms with Crippen LogP contribution in [-0.2, 0) is 10.0 Å². The van der Waals surface area contributed by atoms with Crippen LogP contribution >= 0.6 is 15.9 Å². The van der Waals surface area contributed by atoms with Gasteiger partial charge in [-0.15, -0.1) is 0 Å². The number of hydrogen-bond donors (Lipinski definition) is 0. The summed E-state index contributed by atoms with van der Waals surface area (Å²) in [5.74, 6) is 0.340. The van der Waals surface area contributed by atoms with Gasteiger partial charge in [-0.3, -0.25) is 0 Å². The Morgan fingerprint density at radius 3 is 2.42 bits per heavy atom. The van der Waals surface area contributed by atoms with E-state index in [-0.39, 0.29) is 6.04 Å². The lowest BCUT2D eigenvalue weighted by Crippen LogP contribution is -2.35. The third kappa shape index (κ3) is 2.86. The van der Waals surface area contributed by atoms with Gasteiger partial charge in [-0.25, -0.2) is 8.42 Å². The van der Waals surface area contributed by atoms with E-state index in [1.807, 2.05) is 20.2 Å². The Balaban J connectivity index is 2.30. The molecule has 1 aromatic rings. The summed E-state index contributed by atoms with van der Waals surface area (Å²) in [6.45, 7) is 3.23. The maximum Gasteiger partial charge on any atom is 0.244 e. The molecule has 1 aromatic carbocycles. The maximum absolute atomic E-state index is 12.6. The zero-order valence-electron chi connectivity index (χ0n) is 11.4. The Labute approximate surface area is 123 Å². The van der Waals surface area contributed by atoms with Crippen molar-refractivity contribution in [3.63, 3.8) is 0 Å². The second kappa shape index (κ2) is 5.52. The van der Waals surface area contributed by atoms with E-state index in [1.54, 1.807) is 22.5 Å². The van der Waals surface area contributed by atoms with Crippen LogP contribution in [0.25, 0.3) is 0 Å². The number of benzene rings is 1. The van der Waals surface area contributed by atoms with Crippen LogP contribution in [0.2, 0.25) is 0 Å². The first-order chi connectivity index (χ1) is 8.84. The molecule has 2 unspecified atom stereocenters. The number of sulfonamides is 1. The molecule has 0 aromatic heterocycles. The fourth-order valence-corrected chi connectivity index (χ4v) is 5.09. The van der Waals surface area contributed by atoms with Crippen LogP contribution in [-0.4, -0.2) is 50.8 Å². The minimum atomic E-state index is -3.41. The second-order valence-corrected chi connectivity index (χ2v) is 8.02. The van der Waals surface area contributed by atoms with Gasteiger partial charge in [-0.1, -0.05) is 19.1 Å². The molecule has 19 heavy (non-hydrogen) atoms. The molecule has 0 radical (unpaired) electrons. The van der Waals surface area contributed by atoms with Gasteiger partial charge in [0.15, 0.2) is 0 Å². The fraction of sp³-hybridized carbons (Fsp3) is 0.538. The summed E-state index contributed by atoms with van der Waals surface area (Å²) in [6.07, 6.45) is 0. The molecule has 0 aliphatic carbocycles. The van der Waals surface area contributed by atoms with Gasteiger partial charge in [0.05, 0.1) is 4.90 Å². The molecule has 4 nitrogen and oxygen atoms in total. The van der Waals surface area contributed by atoms with Crippen molar-refractivity contribution in [1.82, 2.24) is 9.21 Å². The molecule has 1 fully saturated rings. The quantitative estimate of drug-likeness (QED) is 0.840. The van der Waals surface area contributed by atoms with Gasteiger partial charge in [0.25, 0.3) is 0 Å². The molecule has 0 bridgehead atoms. The Kier molecular flexibility index (Phi) is 4.35. The Morgan fingerprint density at radius 1 is 1.26 bits per heavy atom. The van der Waals surface area contributed by atoms with Crippen LogP contribution in [0.5, 0.6) is 0 Å². The average Bonchev–Trinajstić information content (AvgIpc) is 2.72. The SMILES string of the molecule is CC1CN(S(=O)(=O)c2ccccc2Br)CC1N(C)C. The lowest BCUT2D eigenvalue weighted by atomic mass is 10.1. The van der Waals surface area contributed by atoms with Gasteiger partial charge in [0.2, 0.25) is 10.0 Å². The minimum absolute atomic E-state index is 0.275. The minimum Gasteiger partial charge on any atom is -0.305 e. The third-order valence-electron chi connectivity index (χ3n) is 3.66. The first-order valence-corrected chi connectivity index (χ1v) is 8.48. The summed E-state index contributed by atoms with van der Waals surface area (Å²) in [7, 11) is 0.583. The summed E-state index contributed by atoms with van der Waals surface area (Å²) in [4.78, 5) is 2.45. The molecule has 1 saturated heterocycles. The van der Waals surface area contributed by atoms with Crippen LogP contribution in [0, 0.1) is 5.92 Å². The van der Waals surface area contributed by atoms with Crippen molar-refractivity contribution in [1.29, 1.82) is 0 Å².